The summed E-state index contributed by atoms with van der Waals surface area (Å²) >= 11 is 5.81. The van der Waals surface area contributed by atoms with E-state index in [1.807, 2.05) is 13.8 Å². The second-order valence-electron chi connectivity index (χ2n) is 4.02. The van der Waals surface area contributed by atoms with Crippen LogP contribution in [0.5, 0.6) is 0 Å². The molecule has 0 fully saturated rings. The number of halogens is 1. The maximum atomic E-state index is 11.6. The van der Waals surface area contributed by atoms with Gasteiger partial charge in [0.05, 0.1) is 0 Å². The summed E-state index contributed by atoms with van der Waals surface area (Å²) in [5.41, 5.74) is 1.41. The number of carbonyl (C=O) groups is 2. The SMILES string of the molecule is CCCCNC(=O)C(=O)Nc1ccc(Cl)cc1C. The van der Waals surface area contributed by atoms with Crippen molar-refractivity contribution in [3.8, 4) is 0 Å². The number of anilines is 1. The zero-order valence-corrected chi connectivity index (χ0v) is 11.3. The summed E-state index contributed by atoms with van der Waals surface area (Å²) < 4.78 is 0. The summed E-state index contributed by atoms with van der Waals surface area (Å²) in [5, 5.41) is 5.71. The third kappa shape index (κ3) is 4.37. The quantitative estimate of drug-likeness (QED) is 0.651. The first-order chi connectivity index (χ1) is 8.54. The predicted octanol–water partition coefficient (Wildman–Crippen LogP) is 2.50. The molecule has 0 bridgehead atoms. The van der Waals surface area contributed by atoms with Crippen molar-refractivity contribution in [2.45, 2.75) is 26.7 Å². The third-order valence-electron chi connectivity index (χ3n) is 2.46. The highest BCUT2D eigenvalue weighted by molar-refractivity contribution is 6.39. The van der Waals surface area contributed by atoms with E-state index in [1.54, 1.807) is 18.2 Å². The van der Waals surface area contributed by atoms with Crippen LogP contribution in [-0.4, -0.2) is 18.4 Å². The first kappa shape index (κ1) is 14.5. The fraction of sp³-hybridized carbons (Fsp3) is 0.385. The van der Waals surface area contributed by atoms with Gasteiger partial charge in [-0.15, -0.1) is 0 Å². The van der Waals surface area contributed by atoms with Gasteiger partial charge < -0.3 is 10.6 Å². The molecule has 4 nitrogen and oxygen atoms in total. The standard InChI is InChI=1S/C13H17ClN2O2/c1-3-4-7-15-12(17)13(18)16-11-6-5-10(14)8-9(11)2/h5-6,8H,3-4,7H2,1-2H3,(H,15,17)(H,16,18). The van der Waals surface area contributed by atoms with Gasteiger partial charge in [-0.2, -0.15) is 0 Å². The summed E-state index contributed by atoms with van der Waals surface area (Å²) in [5.74, 6) is -1.27. The van der Waals surface area contributed by atoms with Gasteiger partial charge in [-0.1, -0.05) is 24.9 Å². The van der Waals surface area contributed by atoms with Gasteiger partial charge in [-0.25, -0.2) is 0 Å². The van der Waals surface area contributed by atoms with E-state index in [2.05, 4.69) is 10.6 Å². The average molecular weight is 269 g/mol. The van der Waals surface area contributed by atoms with Crippen LogP contribution >= 0.6 is 11.6 Å². The molecule has 0 aliphatic heterocycles. The number of carbonyl (C=O) groups excluding carboxylic acids is 2. The van der Waals surface area contributed by atoms with E-state index >= 15 is 0 Å². The first-order valence-corrected chi connectivity index (χ1v) is 6.27. The predicted molar refractivity (Wildman–Crippen MR) is 72.7 cm³/mol. The fourth-order valence-corrected chi connectivity index (χ4v) is 1.63. The Morgan fingerprint density at radius 3 is 2.61 bits per heavy atom. The molecule has 98 valence electrons. The van der Waals surface area contributed by atoms with E-state index in [9.17, 15) is 9.59 Å². The molecule has 18 heavy (non-hydrogen) atoms. The topological polar surface area (TPSA) is 58.2 Å². The fourth-order valence-electron chi connectivity index (χ4n) is 1.41. The summed E-state index contributed by atoms with van der Waals surface area (Å²) in [4.78, 5) is 23.0. The molecule has 0 unspecified atom stereocenters. The number of rotatable bonds is 4. The van der Waals surface area contributed by atoms with E-state index < -0.39 is 11.8 Å². The van der Waals surface area contributed by atoms with Crippen molar-refractivity contribution in [1.29, 1.82) is 0 Å². The molecule has 1 aromatic rings. The van der Waals surface area contributed by atoms with Crippen molar-refractivity contribution < 1.29 is 9.59 Å². The van der Waals surface area contributed by atoms with Crippen molar-refractivity contribution in [3.63, 3.8) is 0 Å². The van der Waals surface area contributed by atoms with E-state index in [1.165, 1.54) is 0 Å². The molecule has 0 saturated heterocycles. The lowest BCUT2D eigenvalue weighted by molar-refractivity contribution is -0.136. The van der Waals surface area contributed by atoms with Crippen LogP contribution in [-0.2, 0) is 9.59 Å². The molecule has 0 saturated carbocycles. The van der Waals surface area contributed by atoms with Crippen molar-refractivity contribution in [2.75, 3.05) is 11.9 Å². The van der Waals surface area contributed by atoms with Gasteiger partial charge >= 0.3 is 11.8 Å². The highest BCUT2D eigenvalue weighted by Crippen LogP contribution is 2.19. The monoisotopic (exact) mass is 268 g/mol. The normalized spacial score (nSPS) is 9.94. The zero-order valence-electron chi connectivity index (χ0n) is 10.5. The highest BCUT2D eigenvalue weighted by Gasteiger charge is 2.13. The summed E-state index contributed by atoms with van der Waals surface area (Å²) in [6.45, 7) is 4.35. The molecular weight excluding hydrogens is 252 g/mol. The minimum atomic E-state index is -0.656. The lowest BCUT2D eigenvalue weighted by Crippen LogP contribution is -2.36. The van der Waals surface area contributed by atoms with E-state index in [0.29, 0.717) is 17.3 Å². The van der Waals surface area contributed by atoms with Gasteiger partial charge in [-0.3, -0.25) is 9.59 Å². The van der Waals surface area contributed by atoms with Gasteiger partial charge in [0, 0.05) is 17.3 Å². The Bertz CT molecular complexity index is 447. The van der Waals surface area contributed by atoms with Crippen molar-refractivity contribution >= 4 is 29.1 Å². The van der Waals surface area contributed by atoms with Crippen LogP contribution in [0.2, 0.25) is 5.02 Å². The second-order valence-corrected chi connectivity index (χ2v) is 4.46. The van der Waals surface area contributed by atoms with Gasteiger partial charge in [0.25, 0.3) is 0 Å². The second kappa shape index (κ2) is 7.01. The zero-order chi connectivity index (χ0) is 13.5. The molecule has 2 N–H and O–H groups in total. The Hall–Kier alpha value is -1.55. The molecule has 0 aliphatic rings. The van der Waals surface area contributed by atoms with Crippen LogP contribution < -0.4 is 10.6 Å². The van der Waals surface area contributed by atoms with E-state index in [0.717, 1.165) is 18.4 Å². The Morgan fingerprint density at radius 2 is 2.00 bits per heavy atom. The van der Waals surface area contributed by atoms with Crippen LogP contribution in [0.1, 0.15) is 25.3 Å². The van der Waals surface area contributed by atoms with Crippen LogP contribution in [0.3, 0.4) is 0 Å². The van der Waals surface area contributed by atoms with Gasteiger partial charge in [0.2, 0.25) is 0 Å². The van der Waals surface area contributed by atoms with Crippen LogP contribution in [0.25, 0.3) is 0 Å². The Morgan fingerprint density at radius 1 is 1.28 bits per heavy atom. The Labute approximate surface area is 112 Å². The summed E-state index contributed by atoms with van der Waals surface area (Å²) in [6.07, 6.45) is 1.83. The number of hydrogen-bond acceptors (Lipinski definition) is 2. The van der Waals surface area contributed by atoms with Crippen molar-refractivity contribution in [3.05, 3.63) is 28.8 Å². The van der Waals surface area contributed by atoms with Gasteiger partial charge in [0.15, 0.2) is 0 Å². The molecule has 0 atom stereocenters. The third-order valence-corrected chi connectivity index (χ3v) is 2.69. The molecule has 0 heterocycles. The van der Waals surface area contributed by atoms with E-state index in [-0.39, 0.29) is 0 Å². The molecule has 0 spiro atoms. The Kier molecular flexibility index (Phi) is 5.65. The van der Waals surface area contributed by atoms with Crippen molar-refractivity contribution in [2.24, 2.45) is 0 Å². The molecule has 5 heteroatoms. The number of aryl methyl sites for hydroxylation is 1. The summed E-state index contributed by atoms with van der Waals surface area (Å²) in [7, 11) is 0. The summed E-state index contributed by atoms with van der Waals surface area (Å²) in [6, 6.07) is 5.07. The molecule has 2 amide bonds. The molecule has 1 rings (SSSR count). The largest absolute Gasteiger partial charge is 0.348 e. The number of unbranched alkanes of at least 4 members (excludes halogenated alkanes) is 1. The minimum Gasteiger partial charge on any atom is -0.348 e. The minimum absolute atomic E-state index is 0.516. The molecule has 1 aromatic carbocycles. The average Bonchev–Trinajstić information content (AvgIpc) is 2.32. The number of amides is 2. The van der Waals surface area contributed by atoms with E-state index in [4.69, 9.17) is 11.6 Å². The van der Waals surface area contributed by atoms with Gasteiger partial charge in [-0.05, 0) is 37.1 Å². The lowest BCUT2D eigenvalue weighted by Gasteiger charge is -2.08. The maximum absolute atomic E-state index is 11.6. The lowest BCUT2D eigenvalue weighted by atomic mass is 10.2. The number of benzene rings is 1. The molecule has 0 radical (unpaired) electrons. The van der Waals surface area contributed by atoms with Crippen LogP contribution in [0.15, 0.2) is 18.2 Å². The Balaban J connectivity index is 2.56. The number of hydrogen-bond donors (Lipinski definition) is 2. The highest BCUT2D eigenvalue weighted by atomic mass is 35.5. The van der Waals surface area contributed by atoms with Crippen LogP contribution in [0.4, 0.5) is 5.69 Å². The van der Waals surface area contributed by atoms with Crippen LogP contribution in [0, 0.1) is 6.92 Å². The first-order valence-electron chi connectivity index (χ1n) is 5.90. The number of nitrogens with one attached hydrogen (secondary N) is 2. The molecule has 0 aliphatic carbocycles. The maximum Gasteiger partial charge on any atom is 0.313 e. The molecule has 0 aromatic heterocycles. The van der Waals surface area contributed by atoms with Gasteiger partial charge in [0.1, 0.15) is 0 Å². The smallest absolute Gasteiger partial charge is 0.313 e. The molecular formula is C13H17ClN2O2. The van der Waals surface area contributed by atoms with Crippen molar-refractivity contribution in [1.82, 2.24) is 5.32 Å².